The summed E-state index contributed by atoms with van der Waals surface area (Å²) in [5.74, 6) is 0.822. The maximum atomic E-state index is 12.3. The molecule has 0 aliphatic rings. The molecule has 0 fully saturated rings. The second kappa shape index (κ2) is 7.92. The standard InChI is InChI=1S/C19H18N4O2/c1-25-16-9-5-8-15(12-16)22-19-20-11-10-17(23-19)18(24)21-13-14-6-3-2-4-7-14/h2-12H,13H2,1H3,(H,21,24)(H,20,22,23). The Hall–Kier alpha value is -3.41. The summed E-state index contributed by atoms with van der Waals surface area (Å²) in [6, 6.07) is 18.7. The number of hydrogen-bond acceptors (Lipinski definition) is 5. The third-order valence-electron chi connectivity index (χ3n) is 3.51. The van der Waals surface area contributed by atoms with Crippen molar-refractivity contribution in [3.63, 3.8) is 0 Å². The molecule has 1 heterocycles. The third kappa shape index (κ3) is 4.54. The Balaban J connectivity index is 1.67. The zero-order valence-corrected chi connectivity index (χ0v) is 13.8. The first kappa shape index (κ1) is 16.4. The number of amides is 1. The predicted octanol–water partition coefficient (Wildman–Crippen LogP) is 3.16. The van der Waals surface area contributed by atoms with E-state index in [-0.39, 0.29) is 5.91 Å². The fourth-order valence-electron chi connectivity index (χ4n) is 2.24. The Bertz CT molecular complexity index is 853. The normalized spacial score (nSPS) is 10.1. The van der Waals surface area contributed by atoms with E-state index in [2.05, 4.69) is 20.6 Å². The molecule has 3 aromatic rings. The van der Waals surface area contributed by atoms with Gasteiger partial charge < -0.3 is 15.4 Å². The molecule has 3 rings (SSSR count). The van der Waals surface area contributed by atoms with Crippen molar-refractivity contribution in [2.75, 3.05) is 12.4 Å². The summed E-state index contributed by atoms with van der Waals surface area (Å²) in [7, 11) is 1.60. The van der Waals surface area contributed by atoms with Crippen LogP contribution >= 0.6 is 0 Å². The number of anilines is 2. The van der Waals surface area contributed by atoms with Crippen molar-refractivity contribution in [3.8, 4) is 5.75 Å². The SMILES string of the molecule is COc1cccc(Nc2nccc(C(=O)NCc3ccccc3)n2)c1. The molecule has 0 unspecified atom stereocenters. The van der Waals surface area contributed by atoms with Crippen LogP contribution in [-0.4, -0.2) is 23.0 Å². The highest BCUT2D eigenvalue weighted by Gasteiger charge is 2.09. The van der Waals surface area contributed by atoms with Crippen LogP contribution in [0.3, 0.4) is 0 Å². The van der Waals surface area contributed by atoms with E-state index in [1.807, 2.05) is 54.6 Å². The Kier molecular flexibility index (Phi) is 5.21. The summed E-state index contributed by atoms with van der Waals surface area (Å²) < 4.78 is 5.18. The van der Waals surface area contributed by atoms with Crippen molar-refractivity contribution < 1.29 is 9.53 Å². The van der Waals surface area contributed by atoms with Gasteiger partial charge in [-0.15, -0.1) is 0 Å². The zero-order chi connectivity index (χ0) is 17.5. The minimum Gasteiger partial charge on any atom is -0.497 e. The highest BCUT2D eigenvalue weighted by molar-refractivity contribution is 5.92. The molecule has 0 saturated carbocycles. The summed E-state index contributed by atoms with van der Waals surface area (Å²) in [5, 5.41) is 5.91. The number of carbonyl (C=O) groups excluding carboxylic acids is 1. The van der Waals surface area contributed by atoms with E-state index in [9.17, 15) is 4.79 Å². The van der Waals surface area contributed by atoms with E-state index in [4.69, 9.17) is 4.74 Å². The van der Waals surface area contributed by atoms with Gasteiger partial charge in [0.05, 0.1) is 7.11 Å². The second-order valence-corrected chi connectivity index (χ2v) is 5.29. The zero-order valence-electron chi connectivity index (χ0n) is 13.8. The van der Waals surface area contributed by atoms with E-state index in [1.165, 1.54) is 0 Å². The molecule has 2 N–H and O–H groups in total. The summed E-state index contributed by atoms with van der Waals surface area (Å²) in [5.41, 5.74) is 2.11. The van der Waals surface area contributed by atoms with Gasteiger partial charge in [0, 0.05) is 24.5 Å². The summed E-state index contributed by atoms with van der Waals surface area (Å²) in [6.07, 6.45) is 1.55. The monoisotopic (exact) mass is 334 g/mol. The minimum absolute atomic E-state index is 0.250. The number of methoxy groups -OCH3 is 1. The Labute approximate surface area is 145 Å². The second-order valence-electron chi connectivity index (χ2n) is 5.29. The van der Waals surface area contributed by atoms with Crippen LogP contribution in [0.25, 0.3) is 0 Å². The summed E-state index contributed by atoms with van der Waals surface area (Å²) in [4.78, 5) is 20.7. The fourth-order valence-corrected chi connectivity index (χ4v) is 2.24. The smallest absolute Gasteiger partial charge is 0.270 e. The van der Waals surface area contributed by atoms with Crippen LogP contribution < -0.4 is 15.4 Å². The van der Waals surface area contributed by atoms with Crippen LogP contribution in [0.5, 0.6) is 5.75 Å². The molecule has 0 atom stereocenters. The summed E-state index contributed by atoms with van der Waals surface area (Å²) in [6.45, 7) is 0.447. The quantitative estimate of drug-likeness (QED) is 0.724. The van der Waals surface area contributed by atoms with Gasteiger partial charge in [-0.3, -0.25) is 4.79 Å². The minimum atomic E-state index is -0.250. The van der Waals surface area contributed by atoms with Gasteiger partial charge in [0.15, 0.2) is 0 Å². The lowest BCUT2D eigenvalue weighted by Crippen LogP contribution is -2.24. The first-order valence-electron chi connectivity index (χ1n) is 7.81. The van der Waals surface area contributed by atoms with Gasteiger partial charge in [0.2, 0.25) is 5.95 Å². The molecule has 1 aromatic heterocycles. The van der Waals surface area contributed by atoms with Crippen molar-refractivity contribution in [2.24, 2.45) is 0 Å². The largest absolute Gasteiger partial charge is 0.497 e. The Morgan fingerprint density at radius 2 is 1.92 bits per heavy atom. The lowest BCUT2D eigenvalue weighted by Gasteiger charge is -2.08. The lowest BCUT2D eigenvalue weighted by atomic mass is 10.2. The average Bonchev–Trinajstić information content (AvgIpc) is 2.67. The van der Waals surface area contributed by atoms with Crippen LogP contribution in [0.15, 0.2) is 66.9 Å². The number of aromatic nitrogens is 2. The maximum absolute atomic E-state index is 12.3. The number of nitrogens with zero attached hydrogens (tertiary/aromatic N) is 2. The van der Waals surface area contributed by atoms with E-state index in [0.29, 0.717) is 18.2 Å². The number of carbonyl (C=O) groups is 1. The maximum Gasteiger partial charge on any atom is 0.270 e. The van der Waals surface area contributed by atoms with Crippen molar-refractivity contribution in [3.05, 3.63) is 78.1 Å². The number of ether oxygens (including phenoxy) is 1. The van der Waals surface area contributed by atoms with Crippen LogP contribution in [0.2, 0.25) is 0 Å². The number of benzene rings is 2. The molecule has 25 heavy (non-hydrogen) atoms. The van der Waals surface area contributed by atoms with E-state index < -0.39 is 0 Å². The molecule has 0 radical (unpaired) electrons. The highest BCUT2D eigenvalue weighted by Crippen LogP contribution is 2.19. The predicted molar refractivity (Wildman–Crippen MR) is 95.9 cm³/mol. The molecule has 0 saturated heterocycles. The van der Waals surface area contributed by atoms with Crippen LogP contribution in [0.1, 0.15) is 16.1 Å². The van der Waals surface area contributed by atoms with E-state index in [0.717, 1.165) is 17.0 Å². The summed E-state index contributed by atoms with van der Waals surface area (Å²) >= 11 is 0. The van der Waals surface area contributed by atoms with Crippen LogP contribution in [0, 0.1) is 0 Å². The molecule has 0 bridgehead atoms. The molecule has 126 valence electrons. The molecular weight excluding hydrogens is 316 g/mol. The van der Waals surface area contributed by atoms with Crippen LogP contribution in [0.4, 0.5) is 11.6 Å². The van der Waals surface area contributed by atoms with E-state index >= 15 is 0 Å². The van der Waals surface area contributed by atoms with E-state index in [1.54, 1.807) is 19.4 Å². The molecule has 0 aliphatic heterocycles. The van der Waals surface area contributed by atoms with Crippen molar-refractivity contribution in [1.29, 1.82) is 0 Å². The molecular formula is C19H18N4O2. The van der Waals surface area contributed by atoms with Crippen molar-refractivity contribution in [1.82, 2.24) is 15.3 Å². The molecule has 2 aromatic carbocycles. The fraction of sp³-hybridized carbons (Fsp3) is 0.105. The van der Waals surface area contributed by atoms with Gasteiger partial charge >= 0.3 is 0 Å². The topological polar surface area (TPSA) is 76.1 Å². The van der Waals surface area contributed by atoms with Crippen molar-refractivity contribution >= 4 is 17.5 Å². The highest BCUT2D eigenvalue weighted by atomic mass is 16.5. The van der Waals surface area contributed by atoms with Gasteiger partial charge in [-0.25, -0.2) is 9.97 Å². The number of rotatable bonds is 6. The Morgan fingerprint density at radius 1 is 1.08 bits per heavy atom. The van der Waals surface area contributed by atoms with Gasteiger partial charge in [0.1, 0.15) is 11.4 Å². The Morgan fingerprint density at radius 3 is 2.72 bits per heavy atom. The van der Waals surface area contributed by atoms with Gasteiger partial charge in [0.25, 0.3) is 5.91 Å². The van der Waals surface area contributed by atoms with Gasteiger partial charge in [-0.1, -0.05) is 36.4 Å². The first-order chi connectivity index (χ1) is 12.2. The average molecular weight is 334 g/mol. The number of nitrogens with one attached hydrogen (secondary N) is 2. The van der Waals surface area contributed by atoms with Gasteiger partial charge in [-0.2, -0.15) is 0 Å². The molecule has 0 spiro atoms. The first-order valence-corrected chi connectivity index (χ1v) is 7.81. The molecule has 1 amide bonds. The molecule has 0 aliphatic carbocycles. The molecule has 6 heteroatoms. The van der Waals surface area contributed by atoms with Crippen LogP contribution in [-0.2, 0) is 6.54 Å². The number of hydrogen-bond donors (Lipinski definition) is 2. The lowest BCUT2D eigenvalue weighted by molar-refractivity contribution is 0.0946. The third-order valence-corrected chi connectivity index (χ3v) is 3.51. The molecule has 6 nitrogen and oxygen atoms in total. The van der Waals surface area contributed by atoms with Gasteiger partial charge in [-0.05, 0) is 23.8 Å². The van der Waals surface area contributed by atoms with Crippen molar-refractivity contribution in [2.45, 2.75) is 6.54 Å².